The molecule has 2 rings (SSSR count). The summed E-state index contributed by atoms with van der Waals surface area (Å²) in [5.74, 6) is 2.08. The van der Waals surface area contributed by atoms with Crippen LogP contribution in [-0.4, -0.2) is 5.78 Å². The van der Waals surface area contributed by atoms with Crippen LogP contribution in [0.1, 0.15) is 49.0 Å². The molecule has 0 fully saturated rings. The minimum Gasteiger partial charge on any atom is -0.457 e. The molecule has 0 radical (unpaired) electrons. The fraction of sp³-hybridized carbons (Fsp3) is 0.278. The van der Waals surface area contributed by atoms with E-state index in [1.165, 1.54) is 5.56 Å². The van der Waals surface area contributed by atoms with E-state index in [1.54, 1.807) is 19.1 Å². The second-order valence-electron chi connectivity index (χ2n) is 5.06. The fourth-order valence-corrected chi connectivity index (χ4v) is 2.01. The molecule has 0 amide bonds. The molecule has 0 saturated heterocycles. The van der Waals surface area contributed by atoms with Crippen LogP contribution in [0.5, 0.6) is 11.5 Å². The number of ketones is 1. The fourth-order valence-electron chi connectivity index (χ4n) is 2.01. The van der Waals surface area contributed by atoms with Crippen molar-refractivity contribution in [3.05, 3.63) is 59.7 Å². The average molecular weight is 268 g/mol. The summed E-state index contributed by atoms with van der Waals surface area (Å²) < 4.78 is 5.79. The van der Waals surface area contributed by atoms with E-state index < -0.39 is 0 Å². The highest BCUT2D eigenvalue weighted by Gasteiger charge is 2.05. The molecule has 1 atom stereocenters. The second-order valence-corrected chi connectivity index (χ2v) is 5.06. The molecule has 0 aliphatic carbocycles. The van der Waals surface area contributed by atoms with Gasteiger partial charge in [0.2, 0.25) is 0 Å². The molecule has 2 nitrogen and oxygen atoms in total. The molecule has 0 saturated carbocycles. The van der Waals surface area contributed by atoms with Crippen molar-refractivity contribution in [2.45, 2.75) is 33.1 Å². The van der Waals surface area contributed by atoms with Crippen LogP contribution in [0.4, 0.5) is 0 Å². The summed E-state index contributed by atoms with van der Waals surface area (Å²) in [6, 6.07) is 15.4. The number of ether oxygens (including phenoxy) is 1. The maximum Gasteiger partial charge on any atom is 0.159 e. The summed E-state index contributed by atoms with van der Waals surface area (Å²) in [6.45, 7) is 5.95. The standard InChI is InChI=1S/C18H20O2/c1-4-13(2)15-8-10-17(11-9-15)20-18-7-5-6-16(12-18)14(3)19/h5-13H,4H2,1-3H3. The Morgan fingerprint density at radius 3 is 2.40 bits per heavy atom. The average Bonchev–Trinajstić information content (AvgIpc) is 2.47. The molecule has 0 aromatic heterocycles. The van der Waals surface area contributed by atoms with Crippen molar-refractivity contribution < 1.29 is 9.53 Å². The van der Waals surface area contributed by atoms with Crippen molar-refractivity contribution in [3.63, 3.8) is 0 Å². The van der Waals surface area contributed by atoms with Crippen molar-refractivity contribution in [2.24, 2.45) is 0 Å². The molecule has 2 heteroatoms. The van der Waals surface area contributed by atoms with E-state index in [1.807, 2.05) is 24.3 Å². The van der Waals surface area contributed by atoms with Crippen LogP contribution in [0.15, 0.2) is 48.5 Å². The lowest BCUT2D eigenvalue weighted by atomic mass is 9.99. The van der Waals surface area contributed by atoms with Crippen LogP contribution in [-0.2, 0) is 0 Å². The Kier molecular flexibility index (Phi) is 4.57. The molecule has 2 aromatic rings. The highest BCUT2D eigenvalue weighted by atomic mass is 16.5. The van der Waals surface area contributed by atoms with Crippen molar-refractivity contribution in [2.75, 3.05) is 0 Å². The lowest BCUT2D eigenvalue weighted by Gasteiger charge is -2.11. The van der Waals surface area contributed by atoms with Gasteiger partial charge in [0, 0.05) is 5.56 Å². The number of hydrogen-bond acceptors (Lipinski definition) is 2. The first-order chi connectivity index (χ1) is 9.60. The number of carbonyl (C=O) groups is 1. The van der Waals surface area contributed by atoms with Gasteiger partial charge in [-0.3, -0.25) is 4.79 Å². The number of carbonyl (C=O) groups excluding carboxylic acids is 1. The summed E-state index contributed by atoms with van der Waals surface area (Å²) in [4.78, 5) is 11.3. The van der Waals surface area contributed by atoms with Gasteiger partial charge in [0.15, 0.2) is 5.78 Å². The van der Waals surface area contributed by atoms with Crippen molar-refractivity contribution in [3.8, 4) is 11.5 Å². The molecule has 20 heavy (non-hydrogen) atoms. The molecule has 0 aliphatic heterocycles. The van der Waals surface area contributed by atoms with E-state index in [-0.39, 0.29) is 5.78 Å². The van der Waals surface area contributed by atoms with Gasteiger partial charge >= 0.3 is 0 Å². The van der Waals surface area contributed by atoms with Crippen LogP contribution in [0.2, 0.25) is 0 Å². The predicted octanol–water partition coefficient (Wildman–Crippen LogP) is 5.20. The Hall–Kier alpha value is -2.09. The van der Waals surface area contributed by atoms with Crippen LogP contribution < -0.4 is 4.74 Å². The zero-order valence-corrected chi connectivity index (χ0v) is 12.2. The van der Waals surface area contributed by atoms with Gasteiger partial charge in [-0.25, -0.2) is 0 Å². The van der Waals surface area contributed by atoms with Gasteiger partial charge in [0.25, 0.3) is 0 Å². The molecule has 0 heterocycles. The molecule has 0 aliphatic rings. The summed E-state index contributed by atoms with van der Waals surface area (Å²) >= 11 is 0. The maximum absolute atomic E-state index is 11.3. The normalized spacial score (nSPS) is 11.9. The van der Waals surface area contributed by atoms with Crippen molar-refractivity contribution >= 4 is 5.78 Å². The number of rotatable bonds is 5. The van der Waals surface area contributed by atoms with Gasteiger partial charge in [-0.05, 0) is 49.1 Å². The smallest absolute Gasteiger partial charge is 0.159 e. The van der Waals surface area contributed by atoms with Gasteiger partial charge in [-0.1, -0.05) is 38.1 Å². The Bertz CT molecular complexity index is 585. The minimum atomic E-state index is 0.0440. The van der Waals surface area contributed by atoms with Crippen LogP contribution in [0, 0.1) is 0 Å². The summed E-state index contributed by atoms with van der Waals surface area (Å²) in [5, 5.41) is 0. The van der Waals surface area contributed by atoms with E-state index in [2.05, 4.69) is 26.0 Å². The molecular weight excluding hydrogens is 248 g/mol. The van der Waals surface area contributed by atoms with Gasteiger partial charge in [0.1, 0.15) is 11.5 Å². The first-order valence-corrected chi connectivity index (χ1v) is 6.99. The largest absolute Gasteiger partial charge is 0.457 e. The quantitative estimate of drug-likeness (QED) is 0.697. The first kappa shape index (κ1) is 14.3. The maximum atomic E-state index is 11.3. The van der Waals surface area contributed by atoms with Crippen LogP contribution in [0.25, 0.3) is 0 Å². The molecule has 2 aromatic carbocycles. The summed E-state index contributed by atoms with van der Waals surface area (Å²) in [6.07, 6.45) is 1.13. The SMILES string of the molecule is CCC(C)c1ccc(Oc2cccc(C(C)=O)c2)cc1. The minimum absolute atomic E-state index is 0.0440. The highest BCUT2D eigenvalue weighted by Crippen LogP contribution is 2.25. The molecular formula is C18H20O2. The monoisotopic (exact) mass is 268 g/mol. The molecule has 0 N–H and O–H groups in total. The third kappa shape index (κ3) is 3.47. The molecule has 0 spiro atoms. The van der Waals surface area contributed by atoms with E-state index in [4.69, 9.17) is 4.74 Å². The third-order valence-electron chi connectivity index (χ3n) is 3.54. The van der Waals surface area contributed by atoms with E-state index >= 15 is 0 Å². The third-order valence-corrected chi connectivity index (χ3v) is 3.54. The van der Waals surface area contributed by atoms with E-state index in [9.17, 15) is 4.79 Å². The van der Waals surface area contributed by atoms with E-state index in [0.717, 1.165) is 12.2 Å². The zero-order chi connectivity index (χ0) is 14.5. The Balaban J connectivity index is 2.14. The Labute approximate surface area is 120 Å². The number of Topliss-reactive ketones (excluding diaryl/α,β-unsaturated/α-hetero) is 1. The lowest BCUT2D eigenvalue weighted by Crippen LogP contribution is -1.93. The van der Waals surface area contributed by atoms with Gasteiger partial charge in [0.05, 0.1) is 0 Å². The van der Waals surface area contributed by atoms with Gasteiger partial charge < -0.3 is 4.74 Å². The second kappa shape index (κ2) is 6.38. The highest BCUT2D eigenvalue weighted by molar-refractivity contribution is 5.94. The Morgan fingerprint density at radius 2 is 1.80 bits per heavy atom. The zero-order valence-electron chi connectivity index (χ0n) is 12.2. The molecule has 0 bridgehead atoms. The van der Waals surface area contributed by atoms with Crippen LogP contribution in [0.3, 0.4) is 0 Å². The topological polar surface area (TPSA) is 26.3 Å². The van der Waals surface area contributed by atoms with Gasteiger partial charge in [-0.15, -0.1) is 0 Å². The number of benzene rings is 2. The Morgan fingerprint density at radius 1 is 1.10 bits per heavy atom. The van der Waals surface area contributed by atoms with Gasteiger partial charge in [-0.2, -0.15) is 0 Å². The summed E-state index contributed by atoms with van der Waals surface area (Å²) in [5.41, 5.74) is 1.98. The lowest BCUT2D eigenvalue weighted by molar-refractivity contribution is 0.101. The van der Waals surface area contributed by atoms with E-state index in [0.29, 0.717) is 17.2 Å². The van der Waals surface area contributed by atoms with Crippen LogP contribution >= 0.6 is 0 Å². The first-order valence-electron chi connectivity index (χ1n) is 6.99. The predicted molar refractivity (Wildman–Crippen MR) is 81.7 cm³/mol. The molecule has 104 valence electrons. The van der Waals surface area contributed by atoms with Crippen molar-refractivity contribution in [1.82, 2.24) is 0 Å². The summed E-state index contributed by atoms with van der Waals surface area (Å²) in [7, 11) is 0. The number of hydrogen-bond donors (Lipinski definition) is 0. The molecule has 1 unspecified atom stereocenters. The van der Waals surface area contributed by atoms with Crippen molar-refractivity contribution in [1.29, 1.82) is 0 Å².